The number of carbonyl (C=O) groups is 1. The first kappa shape index (κ1) is 11.8. The molecule has 4 heteroatoms. The molecule has 0 aliphatic rings. The van der Waals surface area contributed by atoms with Crippen molar-refractivity contribution in [1.29, 1.82) is 0 Å². The van der Waals surface area contributed by atoms with Crippen molar-refractivity contribution in [3.05, 3.63) is 35.4 Å². The maximum atomic E-state index is 13.1. The highest BCUT2D eigenvalue weighted by atomic mass is 19.1. The third-order valence-electron chi connectivity index (χ3n) is 1.95. The van der Waals surface area contributed by atoms with Crippen LogP contribution in [0.25, 0.3) is 0 Å². The molecule has 0 amide bonds. The van der Waals surface area contributed by atoms with Gasteiger partial charge in [0.25, 0.3) is 0 Å². The van der Waals surface area contributed by atoms with Gasteiger partial charge in [-0.2, -0.15) is 0 Å². The fourth-order valence-electron chi connectivity index (χ4n) is 1.22. The van der Waals surface area contributed by atoms with Crippen LogP contribution in [0.1, 0.15) is 12.5 Å². The molecule has 0 heterocycles. The van der Waals surface area contributed by atoms with Gasteiger partial charge in [-0.25, -0.2) is 8.78 Å². The Labute approximate surface area is 87.3 Å². The molecular formula is C11H13F2NO. The van der Waals surface area contributed by atoms with Gasteiger partial charge in [-0.05, 0) is 43.7 Å². The van der Waals surface area contributed by atoms with Gasteiger partial charge in [0.1, 0.15) is 17.4 Å². The van der Waals surface area contributed by atoms with Crippen LogP contribution < -0.4 is 5.32 Å². The Hall–Kier alpha value is -1.29. The lowest BCUT2D eigenvalue weighted by molar-refractivity contribution is -0.116. The minimum atomic E-state index is -0.446. The van der Waals surface area contributed by atoms with E-state index in [0.29, 0.717) is 18.5 Å². The molecule has 0 aliphatic heterocycles. The molecule has 0 aromatic heterocycles. The van der Waals surface area contributed by atoms with Crippen LogP contribution in [0.15, 0.2) is 18.2 Å². The van der Waals surface area contributed by atoms with Crippen molar-refractivity contribution in [1.82, 2.24) is 5.32 Å². The van der Waals surface area contributed by atoms with Crippen LogP contribution in [0.4, 0.5) is 8.78 Å². The van der Waals surface area contributed by atoms with Gasteiger partial charge in [0.2, 0.25) is 0 Å². The van der Waals surface area contributed by atoms with Crippen LogP contribution in [0.2, 0.25) is 0 Å². The lowest BCUT2D eigenvalue weighted by atomic mass is 10.1. The predicted molar refractivity (Wildman–Crippen MR) is 53.6 cm³/mol. The molecule has 1 rings (SSSR count). The number of halogens is 2. The fraction of sp³-hybridized carbons (Fsp3) is 0.364. The molecule has 0 saturated heterocycles. The summed E-state index contributed by atoms with van der Waals surface area (Å²) in [5.41, 5.74) is 0.325. The molecule has 82 valence electrons. The Morgan fingerprint density at radius 2 is 2.13 bits per heavy atom. The van der Waals surface area contributed by atoms with E-state index in [0.717, 1.165) is 12.1 Å². The number of hydrogen-bond acceptors (Lipinski definition) is 2. The molecule has 1 aromatic carbocycles. The molecule has 0 spiro atoms. The molecule has 0 aliphatic carbocycles. The molecule has 0 bridgehead atoms. The van der Waals surface area contributed by atoms with E-state index in [1.54, 1.807) is 0 Å². The lowest BCUT2D eigenvalue weighted by Gasteiger charge is -2.04. The average Bonchev–Trinajstić information content (AvgIpc) is 2.17. The Balaban J connectivity index is 2.43. The average molecular weight is 213 g/mol. The minimum Gasteiger partial charge on any atom is -0.310 e. The van der Waals surface area contributed by atoms with E-state index in [4.69, 9.17) is 0 Å². The lowest BCUT2D eigenvalue weighted by Crippen LogP contribution is -2.23. The van der Waals surface area contributed by atoms with E-state index in [-0.39, 0.29) is 12.3 Å². The summed E-state index contributed by atoms with van der Waals surface area (Å²) in [6.07, 6.45) is 0.372. The highest BCUT2D eigenvalue weighted by molar-refractivity contribution is 5.77. The third-order valence-corrected chi connectivity index (χ3v) is 1.95. The molecule has 0 radical (unpaired) electrons. The number of ketones is 1. The predicted octanol–water partition coefficient (Wildman–Crippen LogP) is 1.69. The first-order valence-electron chi connectivity index (χ1n) is 4.73. The first-order valence-corrected chi connectivity index (χ1v) is 4.73. The fourth-order valence-corrected chi connectivity index (χ4v) is 1.22. The highest BCUT2D eigenvalue weighted by Crippen LogP contribution is 2.09. The summed E-state index contributed by atoms with van der Waals surface area (Å²) >= 11 is 0. The first-order chi connectivity index (χ1) is 7.09. The molecule has 0 saturated carbocycles. The van der Waals surface area contributed by atoms with Crippen molar-refractivity contribution in [3.63, 3.8) is 0 Å². The van der Waals surface area contributed by atoms with E-state index in [2.05, 4.69) is 5.32 Å². The second kappa shape index (κ2) is 5.56. The molecule has 2 nitrogen and oxygen atoms in total. The maximum Gasteiger partial charge on any atom is 0.143 e. The van der Waals surface area contributed by atoms with Crippen LogP contribution in [0, 0.1) is 11.6 Å². The van der Waals surface area contributed by atoms with Crippen molar-refractivity contribution in [2.24, 2.45) is 0 Å². The van der Waals surface area contributed by atoms with Gasteiger partial charge in [-0.3, -0.25) is 4.79 Å². The van der Waals surface area contributed by atoms with E-state index in [1.165, 1.54) is 13.0 Å². The zero-order valence-electron chi connectivity index (χ0n) is 8.52. The zero-order valence-corrected chi connectivity index (χ0v) is 8.52. The highest BCUT2D eigenvalue weighted by Gasteiger charge is 2.03. The monoisotopic (exact) mass is 213 g/mol. The third kappa shape index (κ3) is 4.16. The van der Waals surface area contributed by atoms with Gasteiger partial charge in [-0.1, -0.05) is 0 Å². The molecule has 0 atom stereocenters. The van der Waals surface area contributed by atoms with E-state index in [9.17, 15) is 13.6 Å². The second-order valence-corrected chi connectivity index (χ2v) is 3.36. The normalized spacial score (nSPS) is 10.3. The number of carbonyl (C=O) groups excluding carboxylic acids is 1. The maximum absolute atomic E-state index is 13.1. The van der Waals surface area contributed by atoms with Crippen LogP contribution in [0.5, 0.6) is 0 Å². The standard InChI is InChI=1S/C11H13F2NO/c1-8(15)7-14-5-4-9-6-10(12)2-3-11(9)13/h2-3,6,14H,4-5,7H2,1H3. The summed E-state index contributed by atoms with van der Waals surface area (Å²) in [5, 5.41) is 2.84. The Kier molecular flexibility index (Phi) is 4.37. The van der Waals surface area contributed by atoms with Crippen molar-refractivity contribution >= 4 is 5.78 Å². The van der Waals surface area contributed by atoms with Gasteiger partial charge in [0.15, 0.2) is 0 Å². The van der Waals surface area contributed by atoms with Gasteiger partial charge in [-0.15, -0.1) is 0 Å². The van der Waals surface area contributed by atoms with Gasteiger partial charge in [0, 0.05) is 0 Å². The summed E-state index contributed by atoms with van der Waals surface area (Å²) in [4.78, 5) is 10.6. The van der Waals surface area contributed by atoms with Gasteiger partial charge in [0.05, 0.1) is 6.54 Å². The number of nitrogens with one attached hydrogen (secondary N) is 1. The van der Waals surface area contributed by atoms with Gasteiger partial charge >= 0.3 is 0 Å². The Bertz CT molecular complexity index is 352. The molecule has 0 unspecified atom stereocenters. The van der Waals surface area contributed by atoms with Crippen molar-refractivity contribution in [2.45, 2.75) is 13.3 Å². The SMILES string of the molecule is CC(=O)CNCCc1cc(F)ccc1F. The number of benzene rings is 1. The van der Waals surface area contributed by atoms with Crippen molar-refractivity contribution < 1.29 is 13.6 Å². The van der Waals surface area contributed by atoms with Crippen LogP contribution in [-0.4, -0.2) is 18.9 Å². The summed E-state index contributed by atoms with van der Waals surface area (Å²) < 4.78 is 25.8. The molecule has 1 N–H and O–H groups in total. The Morgan fingerprint density at radius 1 is 1.40 bits per heavy atom. The number of Topliss-reactive ketones (excluding diaryl/α,β-unsaturated/α-hetero) is 1. The second-order valence-electron chi connectivity index (χ2n) is 3.36. The number of rotatable bonds is 5. The largest absolute Gasteiger partial charge is 0.310 e. The topological polar surface area (TPSA) is 29.1 Å². The van der Waals surface area contributed by atoms with Crippen molar-refractivity contribution in [3.8, 4) is 0 Å². The van der Waals surface area contributed by atoms with Crippen LogP contribution in [-0.2, 0) is 11.2 Å². The van der Waals surface area contributed by atoms with Crippen molar-refractivity contribution in [2.75, 3.05) is 13.1 Å². The van der Waals surface area contributed by atoms with Gasteiger partial charge < -0.3 is 5.32 Å². The Morgan fingerprint density at radius 3 is 2.80 bits per heavy atom. The van der Waals surface area contributed by atoms with Crippen LogP contribution >= 0.6 is 0 Å². The molecule has 1 aromatic rings. The summed E-state index contributed by atoms with van der Waals surface area (Å²) in [6.45, 7) is 2.19. The zero-order chi connectivity index (χ0) is 11.3. The summed E-state index contributed by atoms with van der Waals surface area (Å²) in [5.74, 6) is -0.839. The quantitative estimate of drug-likeness (QED) is 0.754. The van der Waals surface area contributed by atoms with Crippen LogP contribution in [0.3, 0.4) is 0 Å². The van der Waals surface area contributed by atoms with E-state index < -0.39 is 11.6 Å². The number of hydrogen-bond donors (Lipinski definition) is 1. The smallest absolute Gasteiger partial charge is 0.143 e. The van der Waals surface area contributed by atoms with E-state index in [1.807, 2.05) is 0 Å². The van der Waals surface area contributed by atoms with E-state index >= 15 is 0 Å². The summed E-state index contributed by atoms with van der Waals surface area (Å²) in [7, 11) is 0. The molecule has 0 fully saturated rings. The summed E-state index contributed by atoms with van der Waals surface area (Å²) in [6, 6.07) is 3.36. The minimum absolute atomic E-state index is 0.0229. The molecular weight excluding hydrogens is 200 g/mol. The molecule has 15 heavy (non-hydrogen) atoms.